The summed E-state index contributed by atoms with van der Waals surface area (Å²) in [5.74, 6) is 2.13. The van der Waals surface area contributed by atoms with Crippen LogP contribution in [0.15, 0.2) is 78.9 Å². The van der Waals surface area contributed by atoms with Gasteiger partial charge in [-0.1, -0.05) is 67.1 Å². The topological polar surface area (TPSA) is 35.6 Å². The highest BCUT2D eigenvalue weighted by Crippen LogP contribution is 2.31. The summed E-state index contributed by atoms with van der Waals surface area (Å²) in [4.78, 5) is 10.1. The first-order valence-corrected chi connectivity index (χ1v) is 13.5. The number of aromatic nitrogens is 4. The van der Waals surface area contributed by atoms with Crippen LogP contribution in [0.5, 0.6) is 0 Å². The third kappa shape index (κ3) is 4.20. The Morgan fingerprint density at radius 1 is 0.737 bits per heavy atom. The Morgan fingerprint density at radius 3 is 2.26 bits per heavy atom. The molecule has 0 saturated carbocycles. The minimum atomic E-state index is 0.796. The van der Waals surface area contributed by atoms with Gasteiger partial charge in [0.05, 0.1) is 22.1 Å². The molecule has 6 rings (SSSR count). The predicted molar refractivity (Wildman–Crippen MR) is 159 cm³/mol. The van der Waals surface area contributed by atoms with Crippen molar-refractivity contribution in [1.29, 1.82) is 0 Å². The Bertz CT molecular complexity index is 1780. The molecule has 0 atom stereocenters. The zero-order valence-electron chi connectivity index (χ0n) is 22.9. The third-order valence-corrected chi connectivity index (χ3v) is 7.63. The van der Waals surface area contributed by atoms with E-state index in [-0.39, 0.29) is 0 Å². The molecule has 38 heavy (non-hydrogen) atoms. The van der Waals surface area contributed by atoms with Crippen LogP contribution in [-0.4, -0.2) is 19.1 Å². The lowest BCUT2D eigenvalue weighted by Gasteiger charge is -2.12. The molecular weight excluding hydrogens is 464 g/mol. The van der Waals surface area contributed by atoms with Gasteiger partial charge in [0, 0.05) is 25.6 Å². The van der Waals surface area contributed by atoms with Gasteiger partial charge in [0.2, 0.25) is 0 Å². The first-order valence-electron chi connectivity index (χ1n) is 13.5. The molecule has 0 bridgehead atoms. The largest absolute Gasteiger partial charge is 0.327 e. The molecule has 4 aromatic carbocycles. The molecule has 190 valence electrons. The van der Waals surface area contributed by atoms with Gasteiger partial charge in [0.1, 0.15) is 11.6 Å². The fourth-order valence-electron chi connectivity index (χ4n) is 5.67. The number of fused-ring (bicyclic) bond motifs is 2. The van der Waals surface area contributed by atoms with Crippen molar-refractivity contribution >= 4 is 22.1 Å². The number of aryl methyl sites for hydroxylation is 5. The Kier molecular flexibility index (Phi) is 6.11. The summed E-state index contributed by atoms with van der Waals surface area (Å²) in [6.45, 7) is 9.52. The number of imidazole rings is 2. The van der Waals surface area contributed by atoms with E-state index in [4.69, 9.17) is 9.97 Å². The lowest BCUT2D eigenvalue weighted by molar-refractivity contribution is 0.722. The molecule has 0 spiro atoms. The molecule has 0 N–H and O–H groups in total. The van der Waals surface area contributed by atoms with Crippen LogP contribution in [0.3, 0.4) is 0 Å². The van der Waals surface area contributed by atoms with Crippen LogP contribution in [-0.2, 0) is 20.0 Å². The molecule has 6 aromatic rings. The maximum atomic E-state index is 5.12. The van der Waals surface area contributed by atoms with Crippen LogP contribution >= 0.6 is 0 Å². The van der Waals surface area contributed by atoms with Gasteiger partial charge < -0.3 is 9.13 Å². The summed E-state index contributed by atoms with van der Waals surface area (Å²) in [6.07, 6.45) is 2.02. The van der Waals surface area contributed by atoms with Crippen molar-refractivity contribution in [2.24, 2.45) is 7.05 Å². The Labute approximate surface area is 224 Å². The molecule has 0 amide bonds. The number of para-hydroxylation sites is 2. The van der Waals surface area contributed by atoms with Crippen LogP contribution in [0.25, 0.3) is 44.6 Å². The van der Waals surface area contributed by atoms with Crippen LogP contribution in [0.4, 0.5) is 0 Å². The second kappa shape index (κ2) is 9.60. The minimum Gasteiger partial charge on any atom is -0.327 e. The van der Waals surface area contributed by atoms with Gasteiger partial charge in [-0.3, -0.25) is 0 Å². The highest BCUT2D eigenvalue weighted by atomic mass is 15.1. The smallest absolute Gasteiger partial charge is 0.140 e. The summed E-state index contributed by atoms with van der Waals surface area (Å²) in [6, 6.07) is 28.5. The number of rotatable bonds is 6. The molecule has 0 aliphatic carbocycles. The molecule has 0 aliphatic heterocycles. The number of hydrogen-bond donors (Lipinski definition) is 0. The van der Waals surface area contributed by atoms with Crippen LogP contribution < -0.4 is 0 Å². The van der Waals surface area contributed by atoms with E-state index in [1.807, 2.05) is 6.07 Å². The maximum Gasteiger partial charge on any atom is 0.140 e. The zero-order chi connectivity index (χ0) is 26.4. The number of hydrogen-bond acceptors (Lipinski definition) is 2. The highest BCUT2D eigenvalue weighted by molar-refractivity contribution is 5.87. The van der Waals surface area contributed by atoms with Crippen molar-refractivity contribution in [3.63, 3.8) is 0 Å². The summed E-state index contributed by atoms with van der Waals surface area (Å²) >= 11 is 0. The summed E-state index contributed by atoms with van der Waals surface area (Å²) < 4.78 is 4.60. The minimum absolute atomic E-state index is 0.796. The normalized spacial score (nSPS) is 11.6. The van der Waals surface area contributed by atoms with E-state index < -0.39 is 0 Å². The maximum absolute atomic E-state index is 5.12. The number of nitrogens with zero attached hydrogens (tertiary/aromatic N) is 4. The van der Waals surface area contributed by atoms with Crippen molar-refractivity contribution in [2.45, 2.75) is 47.1 Å². The fraction of sp³-hybridized carbons (Fsp3) is 0.235. The second-order valence-corrected chi connectivity index (χ2v) is 10.5. The lowest BCUT2D eigenvalue weighted by Crippen LogP contribution is -2.05. The van der Waals surface area contributed by atoms with Gasteiger partial charge in [-0.25, -0.2) is 9.97 Å². The molecule has 0 aliphatic rings. The molecule has 2 heterocycles. The molecule has 0 radical (unpaired) electrons. The predicted octanol–water partition coefficient (Wildman–Crippen LogP) is 8.18. The van der Waals surface area contributed by atoms with Crippen LogP contribution in [0, 0.1) is 20.8 Å². The van der Waals surface area contributed by atoms with Crippen molar-refractivity contribution < 1.29 is 0 Å². The fourth-order valence-corrected chi connectivity index (χ4v) is 5.67. The van der Waals surface area contributed by atoms with E-state index in [0.29, 0.717) is 0 Å². The van der Waals surface area contributed by atoms with E-state index >= 15 is 0 Å². The van der Waals surface area contributed by atoms with E-state index in [9.17, 15) is 0 Å². The van der Waals surface area contributed by atoms with Gasteiger partial charge >= 0.3 is 0 Å². The van der Waals surface area contributed by atoms with Gasteiger partial charge in [-0.2, -0.15) is 0 Å². The first kappa shape index (κ1) is 24.2. The Morgan fingerprint density at radius 2 is 1.53 bits per heavy atom. The average molecular weight is 499 g/mol. The van der Waals surface area contributed by atoms with E-state index in [1.54, 1.807) is 0 Å². The average Bonchev–Trinajstić information content (AvgIpc) is 3.43. The molecule has 4 heteroatoms. The van der Waals surface area contributed by atoms with E-state index in [1.165, 1.54) is 38.9 Å². The zero-order valence-corrected chi connectivity index (χ0v) is 22.9. The summed E-state index contributed by atoms with van der Waals surface area (Å²) in [7, 11) is 2.10. The van der Waals surface area contributed by atoms with E-state index in [0.717, 1.165) is 53.1 Å². The van der Waals surface area contributed by atoms with Crippen molar-refractivity contribution in [2.75, 3.05) is 0 Å². The highest BCUT2D eigenvalue weighted by Gasteiger charge is 2.17. The second-order valence-electron chi connectivity index (χ2n) is 10.5. The van der Waals surface area contributed by atoms with E-state index in [2.05, 4.69) is 117 Å². The molecule has 0 saturated heterocycles. The van der Waals surface area contributed by atoms with Crippen molar-refractivity contribution in [1.82, 2.24) is 19.1 Å². The first-order chi connectivity index (χ1) is 18.4. The van der Waals surface area contributed by atoms with Gasteiger partial charge in [0.25, 0.3) is 0 Å². The Hall–Kier alpha value is -4.18. The van der Waals surface area contributed by atoms with Crippen LogP contribution in [0.2, 0.25) is 0 Å². The van der Waals surface area contributed by atoms with Crippen molar-refractivity contribution in [3.05, 3.63) is 107 Å². The van der Waals surface area contributed by atoms with Gasteiger partial charge in [-0.05, 0) is 79.3 Å². The lowest BCUT2D eigenvalue weighted by atomic mass is 9.98. The third-order valence-electron chi connectivity index (χ3n) is 7.63. The molecular formula is C34H34N4. The van der Waals surface area contributed by atoms with Crippen LogP contribution in [0.1, 0.15) is 41.4 Å². The summed E-state index contributed by atoms with van der Waals surface area (Å²) in [5, 5.41) is 0. The standard InChI is InChI=1S/C34H34N4/c1-6-9-32-36-33-24(4)19-27(34-35-29-10-7-8-11-30(29)37(34)5)20-31(33)38(32)21-25-13-15-26(16-14-25)28-17-12-22(2)18-23(28)3/h7-8,10-20H,6,9,21H2,1-5H3. The summed E-state index contributed by atoms with van der Waals surface area (Å²) in [5.41, 5.74) is 13.2. The van der Waals surface area contributed by atoms with Gasteiger partial charge in [-0.15, -0.1) is 0 Å². The molecule has 0 fully saturated rings. The Balaban J connectivity index is 1.42. The molecule has 2 aromatic heterocycles. The van der Waals surface area contributed by atoms with Gasteiger partial charge in [0.15, 0.2) is 0 Å². The monoisotopic (exact) mass is 498 g/mol. The van der Waals surface area contributed by atoms with Crippen molar-refractivity contribution in [3.8, 4) is 22.5 Å². The molecule has 0 unspecified atom stereocenters. The quantitative estimate of drug-likeness (QED) is 0.232. The molecule has 4 nitrogen and oxygen atoms in total. The SMILES string of the molecule is CCCc1nc2c(C)cc(-c3nc4ccccc4n3C)cc2n1Cc1ccc(-c2ccc(C)cc2C)cc1. The number of benzene rings is 4.